The third-order valence-corrected chi connectivity index (χ3v) is 4.99. The van der Waals surface area contributed by atoms with Crippen LogP contribution >= 0.6 is 0 Å². The van der Waals surface area contributed by atoms with E-state index >= 15 is 0 Å². The van der Waals surface area contributed by atoms with Gasteiger partial charge in [0.15, 0.2) is 0 Å². The summed E-state index contributed by atoms with van der Waals surface area (Å²) in [7, 11) is 0. The van der Waals surface area contributed by atoms with Gasteiger partial charge in [0, 0.05) is 42.8 Å². The molecule has 2 atom stereocenters. The molecule has 1 aromatic heterocycles. The third kappa shape index (κ3) is 2.87. The van der Waals surface area contributed by atoms with Crippen molar-refractivity contribution in [2.75, 3.05) is 32.9 Å². The minimum absolute atomic E-state index is 0.0505. The minimum Gasteiger partial charge on any atom is -0.396 e. The molecule has 2 aliphatic heterocycles. The van der Waals surface area contributed by atoms with Gasteiger partial charge in [0.25, 0.3) is 0 Å². The van der Waals surface area contributed by atoms with Crippen molar-refractivity contribution in [1.29, 1.82) is 0 Å². The Balaban J connectivity index is 1.68. The van der Waals surface area contributed by atoms with E-state index < -0.39 is 0 Å². The van der Waals surface area contributed by atoms with E-state index in [0.29, 0.717) is 12.5 Å². The highest BCUT2D eigenvalue weighted by molar-refractivity contribution is 5.16. The van der Waals surface area contributed by atoms with Gasteiger partial charge in [-0.05, 0) is 18.4 Å². The number of H-pyrrole nitrogens is 1. The molecule has 3 heterocycles. The molecule has 0 spiro atoms. The second-order valence-corrected chi connectivity index (χ2v) is 7.76. The highest BCUT2D eigenvalue weighted by Crippen LogP contribution is 2.41. The van der Waals surface area contributed by atoms with Crippen LogP contribution < -0.4 is 0 Å². The zero-order chi connectivity index (χ0) is 15.1. The van der Waals surface area contributed by atoms with Gasteiger partial charge in [0.2, 0.25) is 0 Å². The molecular weight excluding hydrogens is 266 g/mol. The second kappa shape index (κ2) is 5.38. The lowest BCUT2D eigenvalue weighted by Crippen LogP contribution is -2.42. The Morgan fingerprint density at radius 2 is 2.33 bits per heavy atom. The lowest BCUT2D eigenvalue weighted by molar-refractivity contribution is -0.0561. The smallest absolute Gasteiger partial charge is 0.0678 e. The lowest BCUT2D eigenvalue weighted by atomic mass is 9.76. The largest absolute Gasteiger partial charge is 0.396 e. The Kier molecular flexibility index (Phi) is 3.84. The monoisotopic (exact) mass is 293 g/mol. The number of rotatable bonds is 3. The predicted molar refractivity (Wildman–Crippen MR) is 81.0 cm³/mol. The molecule has 0 aliphatic carbocycles. The SMILES string of the molecule is CC(C)(C)c1cc(CN2C[C@@H]3CCOC[C@]3(CO)C2)[nH]n1. The van der Waals surface area contributed by atoms with E-state index in [9.17, 15) is 5.11 Å². The van der Waals surface area contributed by atoms with Gasteiger partial charge < -0.3 is 9.84 Å². The fraction of sp³-hybridized carbons (Fsp3) is 0.812. The first-order chi connectivity index (χ1) is 9.93. The summed E-state index contributed by atoms with van der Waals surface area (Å²) in [5, 5.41) is 17.4. The molecular formula is C16H27N3O2. The van der Waals surface area contributed by atoms with E-state index in [0.717, 1.165) is 44.0 Å². The van der Waals surface area contributed by atoms with Crippen molar-refractivity contribution in [3.63, 3.8) is 0 Å². The maximum atomic E-state index is 9.82. The highest BCUT2D eigenvalue weighted by atomic mass is 16.5. The molecule has 2 N–H and O–H groups in total. The lowest BCUT2D eigenvalue weighted by Gasteiger charge is -2.36. The van der Waals surface area contributed by atoms with E-state index in [1.54, 1.807) is 0 Å². The van der Waals surface area contributed by atoms with Gasteiger partial charge in [-0.2, -0.15) is 5.10 Å². The van der Waals surface area contributed by atoms with Crippen LogP contribution in [-0.4, -0.2) is 53.1 Å². The molecule has 0 amide bonds. The van der Waals surface area contributed by atoms with Crippen molar-refractivity contribution in [2.45, 2.75) is 39.2 Å². The molecule has 1 aromatic rings. The molecule has 0 saturated carbocycles. The van der Waals surface area contributed by atoms with Crippen molar-refractivity contribution in [1.82, 2.24) is 15.1 Å². The Morgan fingerprint density at radius 1 is 1.52 bits per heavy atom. The highest BCUT2D eigenvalue weighted by Gasteiger charge is 2.48. The standard InChI is InChI=1S/C16H27N3O2/c1-15(2,3)14-6-13(17-18-14)8-19-7-12-4-5-21-11-16(12,9-19)10-20/h6,12,20H,4-5,7-11H2,1-3H3,(H,17,18)/t12-,16+/m0/s1. The maximum Gasteiger partial charge on any atom is 0.0678 e. The first kappa shape index (κ1) is 15.0. The van der Waals surface area contributed by atoms with Crippen LogP contribution in [0.4, 0.5) is 0 Å². The summed E-state index contributed by atoms with van der Waals surface area (Å²) >= 11 is 0. The summed E-state index contributed by atoms with van der Waals surface area (Å²) < 4.78 is 5.62. The normalized spacial score (nSPS) is 30.6. The number of fused-ring (bicyclic) bond motifs is 1. The van der Waals surface area contributed by atoms with Gasteiger partial charge in [-0.3, -0.25) is 10.00 Å². The van der Waals surface area contributed by atoms with E-state index in [2.05, 4.69) is 41.9 Å². The van der Waals surface area contributed by atoms with Crippen molar-refractivity contribution < 1.29 is 9.84 Å². The van der Waals surface area contributed by atoms with Crippen LogP contribution in [-0.2, 0) is 16.7 Å². The Morgan fingerprint density at radius 3 is 2.95 bits per heavy atom. The van der Waals surface area contributed by atoms with Crippen LogP contribution in [0.1, 0.15) is 38.6 Å². The van der Waals surface area contributed by atoms with Crippen molar-refractivity contribution in [3.8, 4) is 0 Å². The number of nitrogens with one attached hydrogen (secondary N) is 1. The van der Waals surface area contributed by atoms with Crippen molar-refractivity contribution in [3.05, 3.63) is 17.5 Å². The zero-order valence-corrected chi connectivity index (χ0v) is 13.4. The quantitative estimate of drug-likeness (QED) is 0.887. The topological polar surface area (TPSA) is 61.4 Å². The first-order valence-electron chi connectivity index (χ1n) is 7.89. The number of aliphatic hydroxyl groups is 1. The Bertz CT molecular complexity index is 494. The van der Waals surface area contributed by atoms with Crippen LogP contribution in [0.2, 0.25) is 0 Å². The molecule has 3 rings (SSSR count). The summed E-state index contributed by atoms with van der Waals surface area (Å²) in [5.41, 5.74) is 2.29. The molecule has 118 valence electrons. The van der Waals surface area contributed by atoms with Gasteiger partial charge >= 0.3 is 0 Å². The first-order valence-corrected chi connectivity index (χ1v) is 7.89. The number of hydrogen-bond acceptors (Lipinski definition) is 4. The van der Waals surface area contributed by atoms with Crippen LogP contribution in [0.3, 0.4) is 0 Å². The van der Waals surface area contributed by atoms with Crippen LogP contribution in [0.15, 0.2) is 6.07 Å². The number of likely N-dealkylation sites (tertiary alicyclic amines) is 1. The van der Waals surface area contributed by atoms with E-state index in [-0.39, 0.29) is 17.4 Å². The zero-order valence-electron chi connectivity index (χ0n) is 13.4. The molecule has 5 nitrogen and oxygen atoms in total. The number of aliphatic hydroxyl groups excluding tert-OH is 1. The number of ether oxygens (including phenoxy) is 1. The van der Waals surface area contributed by atoms with Crippen LogP contribution in [0, 0.1) is 11.3 Å². The summed E-state index contributed by atoms with van der Waals surface area (Å²) in [6.07, 6.45) is 1.06. The van der Waals surface area contributed by atoms with Gasteiger partial charge in [-0.25, -0.2) is 0 Å². The molecule has 2 aliphatic rings. The average molecular weight is 293 g/mol. The summed E-state index contributed by atoms with van der Waals surface area (Å²) in [6, 6.07) is 2.17. The van der Waals surface area contributed by atoms with Crippen molar-refractivity contribution in [2.24, 2.45) is 11.3 Å². The summed E-state index contributed by atoms with van der Waals surface area (Å²) in [5.74, 6) is 0.557. The number of hydrogen-bond donors (Lipinski definition) is 2. The molecule has 2 fully saturated rings. The second-order valence-electron chi connectivity index (χ2n) is 7.76. The minimum atomic E-state index is -0.0505. The third-order valence-electron chi connectivity index (χ3n) is 4.99. The fourth-order valence-corrected chi connectivity index (χ4v) is 3.62. The molecule has 0 unspecified atom stereocenters. The molecule has 5 heteroatoms. The number of nitrogens with zero attached hydrogens (tertiary/aromatic N) is 2. The van der Waals surface area contributed by atoms with Crippen LogP contribution in [0.5, 0.6) is 0 Å². The van der Waals surface area contributed by atoms with Crippen LogP contribution in [0.25, 0.3) is 0 Å². The van der Waals surface area contributed by atoms with E-state index in [1.807, 2.05) is 0 Å². The molecule has 21 heavy (non-hydrogen) atoms. The summed E-state index contributed by atoms with van der Waals surface area (Å²) in [6.45, 7) is 11.1. The molecule has 0 radical (unpaired) electrons. The van der Waals surface area contributed by atoms with Crippen molar-refractivity contribution >= 4 is 0 Å². The Hall–Kier alpha value is -0.910. The van der Waals surface area contributed by atoms with E-state index in [1.165, 1.54) is 0 Å². The average Bonchev–Trinajstić information content (AvgIpc) is 3.02. The van der Waals surface area contributed by atoms with Gasteiger partial charge in [-0.15, -0.1) is 0 Å². The van der Waals surface area contributed by atoms with E-state index in [4.69, 9.17) is 4.74 Å². The molecule has 0 aromatic carbocycles. The van der Waals surface area contributed by atoms with Gasteiger partial charge in [0.05, 0.1) is 18.9 Å². The fourth-order valence-electron chi connectivity index (χ4n) is 3.62. The predicted octanol–water partition coefficient (Wildman–Crippen LogP) is 1.54. The van der Waals surface area contributed by atoms with Gasteiger partial charge in [0.1, 0.15) is 0 Å². The Labute approximate surface area is 126 Å². The molecule has 2 saturated heterocycles. The summed E-state index contributed by atoms with van der Waals surface area (Å²) in [4.78, 5) is 2.43. The number of aromatic amines is 1. The van der Waals surface area contributed by atoms with Gasteiger partial charge in [-0.1, -0.05) is 20.8 Å². The number of aromatic nitrogens is 2. The maximum absolute atomic E-state index is 9.82. The molecule has 0 bridgehead atoms.